The maximum atomic E-state index is 11.2. The standard InChI is InChI=1S/C15H10Br4O6/c16-13(17)12-10(23)4-7(20)5-11(12)25-14(18,15(13,19)24)6-1-2-8(21)9(22)3-6/h1-5,20-24H/t14-,15+/m1/s1. The molecule has 2 atom stereocenters. The fourth-order valence-corrected chi connectivity index (χ4v) is 5.66. The fraction of sp³-hybridized carbons (Fsp3) is 0.200. The number of fused-ring (bicyclic) bond motifs is 1. The second kappa shape index (κ2) is 5.91. The van der Waals surface area contributed by atoms with E-state index in [0.717, 1.165) is 6.07 Å². The van der Waals surface area contributed by atoms with Gasteiger partial charge in [0.1, 0.15) is 17.2 Å². The molecule has 0 spiro atoms. The van der Waals surface area contributed by atoms with Gasteiger partial charge in [0.15, 0.2) is 14.7 Å². The molecule has 0 unspecified atom stereocenters. The van der Waals surface area contributed by atoms with Crippen LogP contribution in [-0.2, 0) is 7.74 Å². The molecule has 0 aliphatic carbocycles. The highest BCUT2D eigenvalue weighted by molar-refractivity contribution is 9.25. The van der Waals surface area contributed by atoms with E-state index >= 15 is 0 Å². The molecule has 25 heavy (non-hydrogen) atoms. The van der Waals surface area contributed by atoms with E-state index in [1.165, 1.54) is 24.3 Å². The summed E-state index contributed by atoms with van der Waals surface area (Å²) in [7, 11) is 0. The summed E-state index contributed by atoms with van der Waals surface area (Å²) in [6, 6.07) is 6.25. The van der Waals surface area contributed by atoms with Crippen molar-refractivity contribution in [1.29, 1.82) is 0 Å². The molecule has 3 rings (SSSR count). The van der Waals surface area contributed by atoms with Crippen LogP contribution >= 0.6 is 63.7 Å². The molecule has 2 aromatic carbocycles. The Kier molecular flexibility index (Phi) is 4.52. The predicted molar refractivity (Wildman–Crippen MR) is 104 cm³/mol. The number of phenols is 4. The molecule has 10 heteroatoms. The van der Waals surface area contributed by atoms with Gasteiger partial charge in [-0.1, -0.05) is 37.9 Å². The van der Waals surface area contributed by atoms with E-state index in [2.05, 4.69) is 63.7 Å². The quantitative estimate of drug-likeness (QED) is 0.247. The molecule has 0 amide bonds. The van der Waals surface area contributed by atoms with Crippen LogP contribution in [0.25, 0.3) is 0 Å². The summed E-state index contributed by atoms with van der Waals surface area (Å²) in [6.07, 6.45) is 0. The lowest BCUT2D eigenvalue weighted by atomic mass is 9.93. The number of hydrogen-bond donors (Lipinski definition) is 5. The molecule has 0 aromatic heterocycles. The van der Waals surface area contributed by atoms with Crippen LogP contribution in [0.5, 0.6) is 28.7 Å². The average molecular weight is 606 g/mol. The number of rotatable bonds is 1. The van der Waals surface area contributed by atoms with Crippen molar-refractivity contribution in [2.45, 2.75) is 12.3 Å². The Morgan fingerprint density at radius 2 is 1.44 bits per heavy atom. The van der Waals surface area contributed by atoms with Crippen LogP contribution in [0.15, 0.2) is 30.3 Å². The third-order valence-electron chi connectivity index (χ3n) is 3.82. The Labute approximate surface area is 175 Å². The Morgan fingerprint density at radius 3 is 2.04 bits per heavy atom. The first-order valence-corrected chi connectivity index (χ1v) is 9.85. The first-order valence-electron chi connectivity index (χ1n) is 6.67. The smallest absolute Gasteiger partial charge is 0.229 e. The van der Waals surface area contributed by atoms with Crippen LogP contribution < -0.4 is 4.74 Å². The van der Waals surface area contributed by atoms with Crippen molar-refractivity contribution in [1.82, 2.24) is 0 Å². The van der Waals surface area contributed by atoms with Gasteiger partial charge in [-0.2, -0.15) is 0 Å². The zero-order chi connectivity index (χ0) is 18.8. The van der Waals surface area contributed by atoms with Crippen molar-refractivity contribution in [2.75, 3.05) is 0 Å². The Morgan fingerprint density at radius 1 is 0.800 bits per heavy atom. The number of aliphatic hydroxyl groups is 1. The van der Waals surface area contributed by atoms with E-state index in [1.54, 1.807) is 0 Å². The molecular weight excluding hydrogens is 596 g/mol. The van der Waals surface area contributed by atoms with Gasteiger partial charge >= 0.3 is 0 Å². The first kappa shape index (κ1) is 19.1. The third kappa shape index (κ3) is 2.64. The fourth-order valence-electron chi connectivity index (χ4n) is 2.54. The Balaban J connectivity index is 2.30. The van der Waals surface area contributed by atoms with Gasteiger partial charge in [0.2, 0.25) is 9.02 Å². The third-order valence-corrected chi connectivity index (χ3v) is 9.70. The van der Waals surface area contributed by atoms with Gasteiger partial charge in [0, 0.05) is 17.7 Å². The largest absolute Gasteiger partial charge is 0.508 e. The predicted octanol–water partition coefficient (Wildman–Crippen LogP) is 4.18. The van der Waals surface area contributed by atoms with E-state index < -0.39 is 18.0 Å². The summed E-state index contributed by atoms with van der Waals surface area (Å²) in [5, 5.41) is 50.5. The molecule has 6 nitrogen and oxygen atoms in total. The van der Waals surface area contributed by atoms with Gasteiger partial charge in [-0.25, -0.2) is 0 Å². The van der Waals surface area contributed by atoms with Crippen molar-refractivity contribution < 1.29 is 30.3 Å². The summed E-state index contributed by atoms with van der Waals surface area (Å²) in [6.45, 7) is 0. The van der Waals surface area contributed by atoms with Gasteiger partial charge in [0.05, 0.1) is 5.56 Å². The molecule has 0 fully saturated rings. The van der Waals surface area contributed by atoms with Gasteiger partial charge in [-0.15, -0.1) is 0 Å². The van der Waals surface area contributed by atoms with Gasteiger partial charge in [-0.3, -0.25) is 0 Å². The van der Waals surface area contributed by atoms with E-state index in [0.29, 0.717) is 0 Å². The minimum atomic E-state index is -1.95. The summed E-state index contributed by atoms with van der Waals surface area (Å²) < 4.78 is 0.761. The maximum absolute atomic E-state index is 11.2. The van der Waals surface area contributed by atoms with Gasteiger partial charge in [0.25, 0.3) is 0 Å². The van der Waals surface area contributed by atoms with Crippen LogP contribution in [0, 0.1) is 0 Å². The molecule has 134 valence electrons. The highest BCUT2D eigenvalue weighted by atomic mass is 79.9. The number of halogens is 4. The number of ether oxygens (including phenoxy) is 1. The number of alkyl halides is 4. The molecule has 0 radical (unpaired) electrons. The highest BCUT2D eigenvalue weighted by Crippen LogP contribution is 2.68. The summed E-state index contributed by atoms with van der Waals surface area (Å²) in [4.78, 5) is 0. The normalized spacial score (nSPS) is 27.4. The number of aromatic hydroxyl groups is 4. The van der Waals surface area contributed by atoms with Crippen LogP contribution in [0.4, 0.5) is 0 Å². The molecule has 1 heterocycles. The zero-order valence-corrected chi connectivity index (χ0v) is 18.4. The SMILES string of the molecule is Oc1cc(O)c2c(c1)O[C@](Br)(c1ccc(O)c(O)c1)[C@](O)(Br)C2(Br)Br. The molecular formula is C15H10Br4O6. The number of hydrogen-bond acceptors (Lipinski definition) is 6. The van der Waals surface area contributed by atoms with E-state index in [4.69, 9.17) is 4.74 Å². The van der Waals surface area contributed by atoms with E-state index in [-0.39, 0.29) is 34.1 Å². The topological polar surface area (TPSA) is 110 Å². The lowest BCUT2D eigenvalue weighted by Crippen LogP contribution is -2.58. The molecule has 0 saturated carbocycles. The van der Waals surface area contributed by atoms with Crippen molar-refractivity contribution in [3.8, 4) is 28.7 Å². The molecule has 1 aliphatic heterocycles. The van der Waals surface area contributed by atoms with Crippen LogP contribution in [-0.4, -0.2) is 30.0 Å². The Hall–Kier alpha value is -0.680. The van der Waals surface area contributed by atoms with Crippen molar-refractivity contribution in [2.24, 2.45) is 0 Å². The zero-order valence-electron chi connectivity index (χ0n) is 12.0. The van der Waals surface area contributed by atoms with Crippen LogP contribution in [0.2, 0.25) is 0 Å². The van der Waals surface area contributed by atoms with Crippen molar-refractivity contribution >= 4 is 63.7 Å². The van der Waals surface area contributed by atoms with Gasteiger partial charge in [-0.05, 0) is 44.0 Å². The maximum Gasteiger partial charge on any atom is 0.229 e. The first-order chi connectivity index (χ1) is 11.4. The number of phenolic OH excluding ortho intramolecular Hbond substituents is 4. The molecule has 2 aromatic rings. The lowest BCUT2D eigenvalue weighted by Gasteiger charge is -2.50. The second-order valence-electron chi connectivity index (χ2n) is 5.44. The lowest BCUT2D eigenvalue weighted by molar-refractivity contribution is -0.0292. The minimum Gasteiger partial charge on any atom is -0.508 e. The van der Waals surface area contributed by atoms with Crippen molar-refractivity contribution in [3.05, 3.63) is 41.5 Å². The number of benzene rings is 2. The second-order valence-corrected chi connectivity index (χ2v) is 11.1. The average Bonchev–Trinajstić information content (AvgIpc) is 2.47. The Bertz CT molecular complexity index is 869. The van der Waals surface area contributed by atoms with Gasteiger partial charge < -0.3 is 30.3 Å². The van der Waals surface area contributed by atoms with Crippen LogP contribution in [0.3, 0.4) is 0 Å². The van der Waals surface area contributed by atoms with Crippen molar-refractivity contribution in [3.63, 3.8) is 0 Å². The molecule has 5 N–H and O–H groups in total. The molecule has 1 aliphatic rings. The summed E-state index contributed by atoms with van der Waals surface area (Å²) in [5.74, 6) is -1.24. The molecule has 0 saturated heterocycles. The molecule has 0 bridgehead atoms. The van der Waals surface area contributed by atoms with E-state index in [9.17, 15) is 25.5 Å². The summed E-state index contributed by atoms with van der Waals surface area (Å²) >= 11 is 13.3. The highest BCUT2D eigenvalue weighted by Gasteiger charge is 2.67. The van der Waals surface area contributed by atoms with Crippen LogP contribution in [0.1, 0.15) is 11.1 Å². The monoisotopic (exact) mass is 602 g/mol. The van der Waals surface area contributed by atoms with E-state index in [1.807, 2.05) is 0 Å². The minimum absolute atomic E-state index is 0.0693. The summed E-state index contributed by atoms with van der Waals surface area (Å²) in [5.41, 5.74) is 0.390.